The van der Waals surface area contributed by atoms with Crippen molar-refractivity contribution < 1.29 is 91.5 Å². The van der Waals surface area contributed by atoms with Gasteiger partial charge in [0.1, 0.15) is 6.42 Å². The van der Waals surface area contributed by atoms with Crippen LogP contribution in [0.25, 0.3) is 0 Å². The maximum absolute atomic E-state index is 9.43. The van der Waals surface area contributed by atoms with Crippen molar-refractivity contribution in [1.29, 1.82) is 0 Å². The van der Waals surface area contributed by atoms with Crippen LogP contribution in [0.5, 0.6) is 0 Å². The Balaban J connectivity index is -0.0000000850. The van der Waals surface area contributed by atoms with Crippen molar-refractivity contribution in [3.05, 3.63) is 6.42 Å². The maximum atomic E-state index is 9.43. The molecule has 0 aliphatic carbocycles. The number of carbonyl (C=O) groups is 2. The van der Waals surface area contributed by atoms with E-state index in [9.17, 15) is 9.59 Å². The molecule has 6 heteroatoms. The second-order valence-corrected chi connectivity index (χ2v) is 5.00. The molecule has 4 nitrogen and oxygen atoms in total. The van der Waals surface area contributed by atoms with E-state index in [1.54, 1.807) is 0 Å². The number of rotatable bonds is 10. The molecule has 0 saturated carbocycles. The van der Waals surface area contributed by atoms with E-state index in [0.29, 0.717) is 0 Å². The van der Waals surface area contributed by atoms with Crippen LogP contribution in [-0.4, -0.2) is 22.2 Å². The molecule has 0 aromatic heterocycles. The van der Waals surface area contributed by atoms with E-state index in [2.05, 4.69) is 27.2 Å². The van der Waals surface area contributed by atoms with Gasteiger partial charge in [-0.05, 0) is 0 Å². The molecular weight excluding hydrogens is 290 g/mol. The summed E-state index contributed by atoms with van der Waals surface area (Å²) in [6.45, 7) is 6.79. The fourth-order valence-corrected chi connectivity index (χ4v) is 1.51. The van der Waals surface area contributed by atoms with Gasteiger partial charge in [-0.25, -0.2) is 0 Å². The molecule has 2 N–H and O–H groups in total. The summed E-state index contributed by atoms with van der Waals surface area (Å²) in [5.74, 6) is -1.85. The van der Waals surface area contributed by atoms with Gasteiger partial charge in [-0.1, -0.05) is 59.3 Å². The second-order valence-electron chi connectivity index (χ2n) is 5.00. The predicted molar refractivity (Wildman–Crippen MR) is 78.1 cm³/mol. The van der Waals surface area contributed by atoms with Gasteiger partial charge in [0.25, 0.3) is 0 Å². The minimum Gasteiger partial charge on any atom is -1.00 e. The number of aliphatic carboxylic acids is 2. The van der Waals surface area contributed by atoms with Gasteiger partial charge < -0.3 is 18.1 Å². The van der Waals surface area contributed by atoms with Crippen LogP contribution in [0.1, 0.15) is 73.6 Å². The molecule has 0 aromatic rings. The molecule has 0 aliphatic heterocycles. The molecule has 0 fully saturated rings. The molecule has 0 bridgehead atoms. The molecule has 0 radical (unpaired) electrons. The van der Waals surface area contributed by atoms with Gasteiger partial charge in [0.05, 0.1) is 0 Å². The van der Waals surface area contributed by atoms with Gasteiger partial charge in [0, 0.05) is 0 Å². The normalized spacial score (nSPS) is 8.95. The number of carboxylic acid groups (broad SMARTS) is 2. The number of unbranched alkanes of at least 4 members (excludes halogenated alkanes) is 6. The number of carboxylic acids is 2. The van der Waals surface area contributed by atoms with Crippen molar-refractivity contribution in [1.82, 2.24) is 0 Å². The summed E-state index contributed by atoms with van der Waals surface area (Å²) in [5.41, 5.74) is 0. The van der Waals surface area contributed by atoms with Crippen LogP contribution in [0.4, 0.5) is 0 Å². The standard InChI is InChI=1S/C12H25.C3H4O4.K.Li.H/c1-4-5-6-7-8-9-10-11-12(2)3;4-2(5)1-3(6)7;;;/h11-12H,4-10H2,1-3H3;1H2,(H,4,5)(H,6,7);;;/q-1;;2*+1;-1. The third kappa shape index (κ3) is 38.7. The Morgan fingerprint density at radius 1 is 1.00 bits per heavy atom. The molecule has 0 heterocycles. The van der Waals surface area contributed by atoms with Crippen molar-refractivity contribution in [2.75, 3.05) is 0 Å². The summed E-state index contributed by atoms with van der Waals surface area (Å²) in [6, 6.07) is 0. The molecule has 0 rings (SSSR count). The van der Waals surface area contributed by atoms with Crippen molar-refractivity contribution in [2.24, 2.45) is 5.92 Å². The minimum absolute atomic E-state index is 0. The van der Waals surface area contributed by atoms with Gasteiger partial charge in [0.15, 0.2) is 0 Å². The Morgan fingerprint density at radius 2 is 1.43 bits per heavy atom. The Labute approximate surface area is 185 Å². The SMILES string of the molecule is CCCCCCCC[CH-]C(C)C.O=C(O)CC(=O)O.[H-].[K+].[Li+]. The zero-order chi connectivity index (χ0) is 15.1. The first-order valence-electron chi connectivity index (χ1n) is 7.17. The van der Waals surface area contributed by atoms with E-state index < -0.39 is 18.4 Å². The van der Waals surface area contributed by atoms with E-state index in [-0.39, 0.29) is 71.7 Å². The molecule has 0 aliphatic rings. The fourth-order valence-electron chi connectivity index (χ4n) is 1.51. The van der Waals surface area contributed by atoms with Crippen LogP contribution >= 0.6 is 0 Å². The van der Waals surface area contributed by atoms with Crippen LogP contribution in [0.15, 0.2) is 0 Å². The molecule has 0 aromatic carbocycles. The zero-order valence-electron chi connectivity index (χ0n) is 15.5. The van der Waals surface area contributed by atoms with E-state index in [4.69, 9.17) is 10.2 Å². The van der Waals surface area contributed by atoms with Crippen LogP contribution < -0.4 is 70.2 Å². The van der Waals surface area contributed by atoms with Crippen molar-refractivity contribution in [3.63, 3.8) is 0 Å². The van der Waals surface area contributed by atoms with Crippen LogP contribution in [0, 0.1) is 12.3 Å². The van der Waals surface area contributed by atoms with Crippen molar-refractivity contribution in [2.45, 2.75) is 72.1 Å². The first-order chi connectivity index (χ1) is 8.90. The predicted octanol–water partition coefficient (Wildman–Crippen LogP) is -1.74. The first kappa shape index (κ1) is 30.1. The number of hydrogen-bond acceptors (Lipinski definition) is 2. The van der Waals surface area contributed by atoms with Gasteiger partial charge >= 0.3 is 82.2 Å². The third-order valence-electron chi connectivity index (χ3n) is 2.50. The van der Waals surface area contributed by atoms with Crippen molar-refractivity contribution >= 4 is 11.9 Å². The van der Waals surface area contributed by atoms with E-state index in [1.807, 2.05) is 0 Å². The summed E-state index contributed by atoms with van der Waals surface area (Å²) in [6.07, 6.45) is 11.5. The van der Waals surface area contributed by atoms with E-state index in [1.165, 1.54) is 44.9 Å². The molecule has 0 amide bonds. The van der Waals surface area contributed by atoms with Gasteiger partial charge in [0.2, 0.25) is 0 Å². The monoisotopic (exact) mass is 320 g/mol. The summed E-state index contributed by atoms with van der Waals surface area (Å²) < 4.78 is 0. The molecule has 21 heavy (non-hydrogen) atoms. The number of hydrogen-bond donors (Lipinski definition) is 2. The quantitative estimate of drug-likeness (QED) is 0.217. The molecule has 116 valence electrons. The molecule has 0 unspecified atom stereocenters. The van der Waals surface area contributed by atoms with Gasteiger partial charge in [-0.15, -0.1) is 0 Å². The third-order valence-corrected chi connectivity index (χ3v) is 2.50. The summed E-state index contributed by atoms with van der Waals surface area (Å²) in [4.78, 5) is 18.9. The van der Waals surface area contributed by atoms with Crippen LogP contribution in [-0.2, 0) is 9.59 Å². The zero-order valence-corrected chi connectivity index (χ0v) is 17.6. The average Bonchev–Trinajstić information content (AvgIpc) is 2.26. The smallest absolute Gasteiger partial charge is 1.00 e. The average molecular weight is 320 g/mol. The van der Waals surface area contributed by atoms with Crippen molar-refractivity contribution in [3.8, 4) is 0 Å². The summed E-state index contributed by atoms with van der Waals surface area (Å²) in [7, 11) is 0. The largest absolute Gasteiger partial charge is 1.00 e. The van der Waals surface area contributed by atoms with Crippen LogP contribution in [0.2, 0.25) is 0 Å². The van der Waals surface area contributed by atoms with Gasteiger partial charge in [-0.2, -0.15) is 12.3 Å². The Kier molecular flexibility index (Phi) is 33.6. The molecule has 0 saturated heterocycles. The Hall–Kier alpha value is 1.17. The topological polar surface area (TPSA) is 74.6 Å². The van der Waals surface area contributed by atoms with Gasteiger partial charge in [-0.3, -0.25) is 9.59 Å². The minimum atomic E-state index is -1.31. The molecular formula is C15H30KLiO4. The summed E-state index contributed by atoms with van der Waals surface area (Å²) >= 11 is 0. The maximum Gasteiger partial charge on any atom is 1.00 e. The Morgan fingerprint density at radius 3 is 1.76 bits per heavy atom. The molecule has 0 atom stereocenters. The van der Waals surface area contributed by atoms with E-state index in [0.717, 1.165) is 5.92 Å². The first-order valence-corrected chi connectivity index (χ1v) is 7.17. The fraction of sp³-hybridized carbons (Fsp3) is 0.800. The summed E-state index contributed by atoms with van der Waals surface area (Å²) in [5, 5.41) is 15.4. The van der Waals surface area contributed by atoms with E-state index >= 15 is 0 Å². The van der Waals surface area contributed by atoms with Crippen LogP contribution in [0.3, 0.4) is 0 Å². The molecule has 0 spiro atoms. The Bertz CT molecular complexity index is 230. The second kappa shape index (κ2) is 23.4.